The number of piperazine rings is 1. The second-order valence-electron chi connectivity index (χ2n) is 6.16. The van der Waals surface area contributed by atoms with E-state index in [9.17, 15) is 20.0 Å². The van der Waals surface area contributed by atoms with Gasteiger partial charge in [-0.2, -0.15) is 0 Å². The van der Waals surface area contributed by atoms with Crippen molar-refractivity contribution in [2.75, 3.05) is 33.2 Å². The van der Waals surface area contributed by atoms with Crippen LogP contribution in [0.2, 0.25) is 0 Å². The number of pyridine rings is 1. The molecule has 1 N–H and O–H groups in total. The van der Waals surface area contributed by atoms with Crippen molar-refractivity contribution in [1.29, 1.82) is 0 Å². The highest BCUT2D eigenvalue weighted by Gasteiger charge is 2.21. The summed E-state index contributed by atoms with van der Waals surface area (Å²) >= 11 is 0. The third kappa shape index (κ3) is 3.36. The Labute approximate surface area is 138 Å². The van der Waals surface area contributed by atoms with Crippen LogP contribution in [-0.2, 0) is 17.8 Å². The van der Waals surface area contributed by atoms with Gasteiger partial charge < -0.3 is 14.8 Å². The van der Waals surface area contributed by atoms with Crippen molar-refractivity contribution in [3.8, 4) is 0 Å². The molecule has 3 heterocycles. The number of nitrogens with one attached hydrogen (secondary N) is 1. The smallest absolute Gasteiger partial charge is 0.286 e. The Balaban J connectivity index is 1.98. The van der Waals surface area contributed by atoms with Crippen LogP contribution in [0.15, 0.2) is 18.3 Å². The number of carboxylic acid groups (broad SMARTS) is 1. The topological polar surface area (TPSA) is 108 Å². The van der Waals surface area contributed by atoms with Crippen LogP contribution in [0.1, 0.15) is 11.4 Å². The summed E-state index contributed by atoms with van der Waals surface area (Å²) in [5, 5.41) is 22.0. The van der Waals surface area contributed by atoms with Gasteiger partial charge in [-0.25, -0.2) is 4.98 Å². The maximum absolute atomic E-state index is 11.0. The molecule has 1 fully saturated rings. The van der Waals surface area contributed by atoms with Gasteiger partial charge in [0.2, 0.25) is 0 Å². The van der Waals surface area contributed by atoms with Gasteiger partial charge in [0.05, 0.1) is 42.6 Å². The molecular formula is C15H19N5O4. The second kappa shape index (κ2) is 6.54. The third-order valence-electron chi connectivity index (χ3n) is 4.39. The summed E-state index contributed by atoms with van der Waals surface area (Å²) in [5.41, 5.74) is 1.54. The second-order valence-corrected chi connectivity index (χ2v) is 6.16. The van der Waals surface area contributed by atoms with E-state index in [-0.39, 0.29) is 12.1 Å². The summed E-state index contributed by atoms with van der Waals surface area (Å²) in [4.78, 5) is 29.6. The minimum atomic E-state index is -1.21. The Morgan fingerprint density at radius 1 is 1.38 bits per heavy atom. The van der Waals surface area contributed by atoms with Crippen LogP contribution in [0.4, 0.5) is 5.69 Å². The molecule has 0 aliphatic carbocycles. The largest absolute Gasteiger partial charge is 0.550 e. The highest BCUT2D eigenvalue weighted by molar-refractivity contribution is 5.68. The molecule has 3 rings (SSSR count). The van der Waals surface area contributed by atoms with Crippen molar-refractivity contribution in [3.63, 3.8) is 0 Å². The average molecular weight is 333 g/mol. The van der Waals surface area contributed by atoms with Crippen molar-refractivity contribution in [2.45, 2.75) is 13.0 Å². The van der Waals surface area contributed by atoms with Gasteiger partial charge in [0.25, 0.3) is 5.69 Å². The monoisotopic (exact) mass is 333 g/mol. The Bertz CT molecular complexity index is 780. The Morgan fingerprint density at radius 3 is 2.71 bits per heavy atom. The van der Waals surface area contributed by atoms with E-state index >= 15 is 0 Å². The first-order chi connectivity index (χ1) is 11.4. The number of aromatic nitrogens is 2. The van der Waals surface area contributed by atoms with Crippen LogP contribution in [-0.4, -0.2) is 58.4 Å². The molecule has 0 bridgehead atoms. The number of aliphatic carboxylic acids is 1. The summed E-state index contributed by atoms with van der Waals surface area (Å²) in [5.74, 6) is -1.21. The number of carbonyl (C=O) groups excluding carboxylic acids is 1. The van der Waals surface area contributed by atoms with E-state index in [2.05, 4.69) is 16.9 Å². The fourth-order valence-corrected chi connectivity index (χ4v) is 2.99. The zero-order chi connectivity index (χ0) is 17.3. The number of nitrogens with zero attached hydrogens (tertiary/aromatic N) is 4. The first kappa shape index (κ1) is 16.3. The van der Waals surface area contributed by atoms with Gasteiger partial charge in [-0.1, -0.05) is 0 Å². The van der Waals surface area contributed by atoms with Crippen LogP contribution in [0.3, 0.4) is 0 Å². The molecule has 0 spiro atoms. The highest BCUT2D eigenvalue weighted by atomic mass is 16.6. The minimum Gasteiger partial charge on any atom is -0.550 e. The average Bonchev–Trinajstić information content (AvgIpc) is 2.85. The van der Waals surface area contributed by atoms with Gasteiger partial charge >= 0.3 is 0 Å². The zero-order valence-corrected chi connectivity index (χ0v) is 13.4. The molecule has 0 saturated carbocycles. The summed E-state index contributed by atoms with van der Waals surface area (Å²) in [6.45, 7) is 4.30. The Hall–Kier alpha value is -2.52. The van der Waals surface area contributed by atoms with Crippen molar-refractivity contribution >= 4 is 17.3 Å². The summed E-state index contributed by atoms with van der Waals surface area (Å²) in [7, 11) is 2.14. The zero-order valence-electron chi connectivity index (χ0n) is 13.4. The maximum atomic E-state index is 11.0. The first-order valence-corrected chi connectivity index (χ1v) is 7.82. The lowest BCUT2D eigenvalue weighted by Gasteiger charge is -2.30. The lowest BCUT2D eigenvalue weighted by Crippen LogP contribution is -3.11. The number of likely N-dealkylation sites (N-methyl/N-ethyl adjacent to an activating group) is 1. The van der Waals surface area contributed by atoms with Gasteiger partial charge in [-0.15, -0.1) is 0 Å². The minimum absolute atomic E-state index is 0.0519. The van der Waals surface area contributed by atoms with E-state index in [1.165, 1.54) is 23.2 Å². The summed E-state index contributed by atoms with van der Waals surface area (Å²) in [6.07, 6.45) is 1.10. The molecular weight excluding hydrogens is 314 g/mol. The van der Waals surface area contributed by atoms with Crippen LogP contribution in [0, 0.1) is 10.1 Å². The van der Waals surface area contributed by atoms with E-state index in [0.717, 1.165) is 26.2 Å². The number of quaternary nitrogens is 1. The molecule has 128 valence electrons. The number of imidazole rings is 1. The molecule has 1 saturated heterocycles. The number of hydrogen-bond acceptors (Lipinski definition) is 6. The number of fused-ring (bicyclic) bond motifs is 1. The molecule has 0 atom stereocenters. The van der Waals surface area contributed by atoms with Crippen LogP contribution < -0.4 is 10.0 Å². The molecule has 9 heteroatoms. The predicted octanol–water partition coefficient (Wildman–Crippen LogP) is -2.13. The number of rotatable bonds is 5. The maximum Gasteiger partial charge on any atom is 0.286 e. The molecule has 2 aromatic heterocycles. The van der Waals surface area contributed by atoms with Crippen molar-refractivity contribution in [1.82, 2.24) is 14.3 Å². The normalized spacial score (nSPS) is 16.5. The van der Waals surface area contributed by atoms with Gasteiger partial charge in [0, 0.05) is 38.1 Å². The summed E-state index contributed by atoms with van der Waals surface area (Å²) < 4.78 is 1.63. The quantitative estimate of drug-likeness (QED) is 0.494. The molecule has 24 heavy (non-hydrogen) atoms. The van der Waals surface area contributed by atoms with E-state index < -0.39 is 10.9 Å². The van der Waals surface area contributed by atoms with E-state index in [4.69, 9.17) is 0 Å². The molecule has 0 aromatic carbocycles. The molecule has 9 nitrogen and oxygen atoms in total. The van der Waals surface area contributed by atoms with E-state index in [1.807, 2.05) is 0 Å². The Kier molecular flexibility index (Phi) is 4.45. The first-order valence-electron chi connectivity index (χ1n) is 7.82. The van der Waals surface area contributed by atoms with Crippen molar-refractivity contribution in [2.24, 2.45) is 0 Å². The molecule has 0 amide bonds. The molecule has 0 radical (unpaired) electrons. The van der Waals surface area contributed by atoms with Crippen molar-refractivity contribution < 1.29 is 19.7 Å². The predicted molar refractivity (Wildman–Crippen MR) is 82.5 cm³/mol. The SMILES string of the molecule is C[NH+]1CCN(Cc2c(CC(=O)[O-])nc3ccc([N+](=O)[O-])cn23)CC1. The third-order valence-corrected chi connectivity index (χ3v) is 4.39. The fourth-order valence-electron chi connectivity index (χ4n) is 2.99. The fraction of sp³-hybridized carbons (Fsp3) is 0.467. The molecule has 2 aromatic rings. The standard InChI is InChI=1S/C15H19N5O4/c1-17-4-6-18(7-5-17)10-13-12(8-15(21)22)16-14-3-2-11(20(23)24)9-19(13)14/h2-3,9H,4-8,10H2,1H3,(H,21,22). The van der Waals surface area contributed by atoms with E-state index in [0.29, 0.717) is 23.6 Å². The van der Waals surface area contributed by atoms with Crippen LogP contribution in [0.25, 0.3) is 5.65 Å². The molecule has 1 aliphatic heterocycles. The lowest BCUT2D eigenvalue weighted by molar-refractivity contribution is -0.884. The number of nitro groups is 1. The van der Waals surface area contributed by atoms with Crippen LogP contribution >= 0.6 is 0 Å². The number of carboxylic acids is 1. The Morgan fingerprint density at radius 2 is 2.08 bits per heavy atom. The lowest BCUT2D eigenvalue weighted by atomic mass is 10.2. The van der Waals surface area contributed by atoms with Gasteiger partial charge in [-0.05, 0) is 6.07 Å². The highest BCUT2D eigenvalue weighted by Crippen LogP contribution is 2.20. The summed E-state index contributed by atoms with van der Waals surface area (Å²) in [6, 6.07) is 2.91. The van der Waals surface area contributed by atoms with E-state index in [1.54, 1.807) is 4.40 Å². The number of carbonyl (C=O) groups is 1. The van der Waals surface area contributed by atoms with Gasteiger partial charge in [0.1, 0.15) is 5.65 Å². The van der Waals surface area contributed by atoms with Crippen molar-refractivity contribution in [3.05, 3.63) is 39.8 Å². The molecule has 1 aliphatic rings. The van der Waals surface area contributed by atoms with Gasteiger partial charge in [-0.3, -0.25) is 19.4 Å². The van der Waals surface area contributed by atoms with Crippen LogP contribution in [0.5, 0.6) is 0 Å². The molecule has 0 unspecified atom stereocenters. The van der Waals surface area contributed by atoms with Gasteiger partial charge in [0.15, 0.2) is 0 Å². The number of hydrogen-bond donors (Lipinski definition) is 1.